The molecule has 5 rings (SSSR count). The Labute approximate surface area is 254 Å². The first-order valence-electron chi connectivity index (χ1n) is 14.0. The summed E-state index contributed by atoms with van der Waals surface area (Å²) in [6.45, 7) is 2.87. The highest BCUT2D eigenvalue weighted by Gasteiger charge is 2.39. The molecule has 1 aromatic heterocycles. The van der Waals surface area contributed by atoms with Crippen molar-refractivity contribution in [3.63, 3.8) is 0 Å². The Morgan fingerprint density at radius 1 is 1.02 bits per heavy atom. The van der Waals surface area contributed by atoms with Gasteiger partial charge in [-0.3, -0.25) is 9.59 Å². The lowest BCUT2D eigenvalue weighted by atomic mass is 9.74. The van der Waals surface area contributed by atoms with E-state index in [2.05, 4.69) is 44.8 Å². The lowest BCUT2D eigenvalue weighted by Gasteiger charge is -2.39. The van der Waals surface area contributed by atoms with Gasteiger partial charge >= 0.3 is 12.4 Å². The molecule has 2 aromatic carbocycles. The number of halogens is 6. The van der Waals surface area contributed by atoms with Gasteiger partial charge in [0.2, 0.25) is 11.8 Å². The van der Waals surface area contributed by atoms with E-state index in [1.165, 1.54) is 18.1 Å². The number of anilines is 1. The number of carbonyl (C=O) groups is 2. The monoisotopic (exact) mass is 636 g/mol. The van der Waals surface area contributed by atoms with Crippen LogP contribution in [0.1, 0.15) is 65.6 Å². The van der Waals surface area contributed by atoms with Gasteiger partial charge in [0.15, 0.2) is 5.13 Å². The van der Waals surface area contributed by atoms with Crippen molar-refractivity contribution in [3.05, 3.63) is 87.4 Å². The zero-order valence-corrected chi connectivity index (χ0v) is 24.5. The Kier molecular flexibility index (Phi) is 8.90. The first-order valence-corrected chi connectivity index (χ1v) is 14.9. The second-order valence-corrected chi connectivity index (χ2v) is 12.0. The summed E-state index contributed by atoms with van der Waals surface area (Å²) in [4.78, 5) is 31.5. The van der Waals surface area contributed by atoms with E-state index in [1.807, 2.05) is 12.1 Å². The first-order chi connectivity index (χ1) is 20.7. The Morgan fingerprint density at radius 3 is 2.32 bits per heavy atom. The second-order valence-electron chi connectivity index (χ2n) is 11.2. The minimum Gasteiger partial charge on any atom is -0.351 e. The molecule has 0 unspecified atom stereocenters. The van der Waals surface area contributed by atoms with Crippen molar-refractivity contribution in [2.24, 2.45) is 0 Å². The summed E-state index contributed by atoms with van der Waals surface area (Å²) in [5.41, 5.74) is -0.357. The molecule has 1 spiro atoms. The summed E-state index contributed by atoms with van der Waals surface area (Å²) in [5.74, 6) is -1.77. The minimum atomic E-state index is -4.99. The molecule has 0 saturated carbocycles. The summed E-state index contributed by atoms with van der Waals surface area (Å²) in [5, 5.41) is 6.99. The number of benzene rings is 2. The maximum Gasteiger partial charge on any atom is 0.416 e. The predicted molar refractivity (Wildman–Crippen MR) is 155 cm³/mol. The van der Waals surface area contributed by atoms with Crippen LogP contribution in [0.3, 0.4) is 0 Å². The fourth-order valence-electron chi connectivity index (χ4n) is 5.86. The molecule has 1 aliphatic carbocycles. The van der Waals surface area contributed by atoms with Gasteiger partial charge in [0.05, 0.1) is 22.7 Å². The Morgan fingerprint density at radius 2 is 1.68 bits per heavy atom. The lowest BCUT2D eigenvalue weighted by molar-refractivity contribution is -0.143. The number of piperidine rings is 1. The number of fused-ring (bicyclic) bond motifs is 2. The maximum absolute atomic E-state index is 13.4. The number of nitrogens with zero attached hydrogens (tertiary/aromatic N) is 2. The average Bonchev–Trinajstić information content (AvgIpc) is 3.56. The number of likely N-dealkylation sites (tertiary alicyclic amines) is 1. The van der Waals surface area contributed by atoms with Crippen LogP contribution in [0.15, 0.2) is 53.9 Å². The number of carbonyl (C=O) groups excluding carboxylic acids is 2. The first kappa shape index (κ1) is 31.7. The molecule has 2 aliphatic rings. The van der Waals surface area contributed by atoms with Crippen LogP contribution in [-0.4, -0.2) is 41.3 Å². The quantitative estimate of drug-likeness (QED) is 0.262. The van der Waals surface area contributed by atoms with E-state index < -0.39 is 41.8 Å². The van der Waals surface area contributed by atoms with E-state index in [9.17, 15) is 35.9 Å². The van der Waals surface area contributed by atoms with E-state index in [0.717, 1.165) is 37.3 Å². The molecule has 234 valence electrons. The molecule has 44 heavy (non-hydrogen) atoms. The number of nitrogens with one attached hydrogen (secondary N) is 2. The molecule has 2 amide bonds. The highest BCUT2D eigenvalue weighted by atomic mass is 32.1. The van der Waals surface area contributed by atoms with Gasteiger partial charge in [-0.2, -0.15) is 26.3 Å². The number of thiazole rings is 1. The normalized spacial score (nSPS) is 17.0. The Hall–Kier alpha value is -3.71. The van der Waals surface area contributed by atoms with Crippen LogP contribution < -0.4 is 10.6 Å². The number of alkyl halides is 6. The van der Waals surface area contributed by atoms with Crippen molar-refractivity contribution in [3.8, 4) is 0 Å². The summed E-state index contributed by atoms with van der Waals surface area (Å²) in [7, 11) is 0. The van der Waals surface area contributed by atoms with Crippen molar-refractivity contribution in [1.29, 1.82) is 0 Å². The van der Waals surface area contributed by atoms with E-state index in [1.54, 1.807) is 5.38 Å². The van der Waals surface area contributed by atoms with Crippen LogP contribution in [-0.2, 0) is 33.9 Å². The standard InChI is InChI=1S/C31H30F6N4O2S/c1-19(42)39-28-40-26(18-44-28)24(7-11-41-12-9-29(10-13-41)8-6-21-4-2-3-5-25(21)29)27(43)38-17-20-14-22(30(32,33)34)16-23(15-20)31(35,36)37/h2-6,8,14-16,18,24H,7,9-13,17H2,1H3,(H,38,43)(H,39,40,42)/t24-/m1/s1. The van der Waals surface area contributed by atoms with Gasteiger partial charge < -0.3 is 15.5 Å². The third-order valence-electron chi connectivity index (χ3n) is 8.15. The van der Waals surface area contributed by atoms with Crippen molar-refractivity contribution in [2.45, 2.75) is 56.4 Å². The number of amides is 2. The highest BCUT2D eigenvalue weighted by Crippen LogP contribution is 2.44. The van der Waals surface area contributed by atoms with E-state index >= 15 is 0 Å². The Balaban J connectivity index is 1.29. The van der Waals surface area contributed by atoms with Crippen molar-refractivity contribution in [1.82, 2.24) is 15.2 Å². The molecule has 1 saturated heterocycles. The van der Waals surface area contributed by atoms with Gasteiger partial charge in [0.25, 0.3) is 0 Å². The van der Waals surface area contributed by atoms with Gasteiger partial charge in [0, 0.05) is 24.3 Å². The summed E-state index contributed by atoms with van der Waals surface area (Å²) in [6.07, 6.45) is -3.45. The molecule has 3 aromatic rings. The zero-order valence-electron chi connectivity index (χ0n) is 23.7. The van der Waals surface area contributed by atoms with Crippen molar-refractivity contribution in [2.75, 3.05) is 25.0 Å². The molecule has 13 heteroatoms. The number of hydrogen-bond acceptors (Lipinski definition) is 5. The molecule has 0 bridgehead atoms. The molecular weight excluding hydrogens is 606 g/mol. The molecule has 6 nitrogen and oxygen atoms in total. The van der Waals surface area contributed by atoms with Gasteiger partial charge in [-0.1, -0.05) is 36.4 Å². The average molecular weight is 637 g/mol. The minimum absolute atomic E-state index is 0.0216. The van der Waals surface area contributed by atoms with Crippen LogP contribution >= 0.6 is 11.3 Å². The van der Waals surface area contributed by atoms with Crippen LogP contribution in [0.5, 0.6) is 0 Å². The molecule has 1 atom stereocenters. The smallest absolute Gasteiger partial charge is 0.351 e. The second kappa shape index (κ2) is 12.4. The summed E-state index contributed by atoms with van der Waals surface area (Å²) in [6, 6.07) is 9.56. The van der Waals surface area contributed by atoms with E-state index in [4.69, 9.17) is 0 Å². The van der Waals surface area contributed by atoms with E-state index in [0.29, 0.717) is 30.8 Å². The SMILES string of the molecule is CC(=O)Nc1nc([C@@H](CCN2CCC3(C=Cc4ccccc43)CC2)C(=O)NCc2cc(C(F)(F)F)cc(C(F)(F)F)c2)cs1. The molecule has 1 aliphatic heterocycles. The molecule has 1 fully saturated rings. The third kappa shape index (κ3) is 7.15. The molecule has 2 N–H and O–H groups in total. The van der Waals surface area contributed by atoms with Crippen LogP contribution in [0, 0.1) is 0 Å². The molecular formula is C31H30F6N4O2S. The predicted octanol–water partition coefficient (Wildman–Crippen LogP) is 6.99. The summed E-state index contributed by atoms with van der Waals surface area (Å²) < 4.78 is 79.9. The zero-order chi connectivity index (χ0) is 31.7. The number of hydrogen-bond donors (Lipinski definition) is 2. The van der Waals surface area contributed by atoms with Gasteiger partial charge in [0.1, 0.15) is 0 Å². The van der Waals surface area contributed by atoms with Crippen LogP contribution in [0.4, 0.5) is 31.5 Å². The van der Waals surface area contributed by atoms with Gasteiger partial charge in [-0.15, -0.1) is 11.3 Å². The van der Waals surface area contributed by atoms with Crippen LogP contribution in [0.25, 0.3) is 6.08 Å². The molecule has 2 heterocycles. The van der Waals surface area contributed by atoms with E-state index in [-0.39, 0.29) is 28.1 Å². The maximum atomic E-state index is 13.4. The summed E-state index contributed by atoms with van der Waals surface area (Å²) >= 11 is 1.12. The number of rotatable bonds is 8. The van der Waals surface area contributed by atoms with Gasteiger partial charge in [-0.05, 0) is 73.8 Å². The largest absolute Gasteiger partial charge is 0.416 e. The lowest BCUT2D eigenvalue weighted by Crippen LogP contribution is -2.42. The number of allylic oxidation sites excluding steroid dienone is 1. The fourth-order valence-corrected chi connectivity index (χ4v) is 6.67. The van der Waals surface area contributed by atoms with Crippen LogP contribution in [0.2, 0.25) is 0 Å². The Bertz CT molecular complexity index is 1520. The topological polar surface area (TPSA) is 74.3 Å². The molecule has 0 radical (unpaired) electrons. The third-order valence-corrected chi connectivity index (χ3v) is 8.93. The fraction of sp³-hybridized carbons (Fsp3) is 0.387. The highest BCUT2D eigenvalue weighted by molar-refractivity contribution is 7.14. The van der Waals surface area contributed by atoms with Gasteiger partial charge in [-0.25, -0.2) is 4.98 Å². The van der Waals surface area contributed by atoms with Crippen molar-refractivity contribution >= 4 is 34.4 Å². The van der Waals surface area contributed by atoms with Crippen molar-refractivity contribution < 1.29 is 35.9 Å². The number of aromatic nitrogens is 1.